The summed E-state index contributed by atoms with van der Waals surface area (Å²) in [5.41, 5.74) is 1.97. The molecule has 1 unspecified atom stereocenters. The van der Waals surface area contributed by atoms with Crippen LogP contribution in [0.2, 0.25) is 0 Å². The third-order valence-electron chi connectivity index (χ3n) is 4.57. The summed E-state index contributed by atoms with van der Waals surface area (Å²) >= 11 is 0. The van der Waals surface area contributed by atoms with Gasteiger partial charge in [-0.1, -0.05) is 24.3 Å². The van der Waals surface area contributed by atoms with Gasteiger partial charge in [-0.3, -0.25) is 14.0 Å². The molecular formula is C20H21N3O3. The number of benzene rings is 1. The highest BCUT2D eigenvalue weighted by Gasteiger charge is 2.24. The van der Waals surface area contributed by atoms with E-state index < -0.39 is 0 Å². The topological polar surface area (TPSA) is 63.9 Å². The summed E-state index contributed by atoms with van der Waals surface area (Å²) in [5.74, 6) is 0.320. The summed E-state index contributed by atoms with van der Waals surface area (Å²) in [5, 5.41) is 0. The molecule has 0 aliphatic heterocycles. The van der Waals surface area contributed by atoms with Crippen molar-refractivity contribution in [2.24, 2.45) is 0 Å². The number of aromatic nitrogens is 2. The number of pyridine rings is 1. The third-order valence-corrected chi connectivity index (χ3v) is 4.57. The Bertz CT molecular complexity index is 1030. The summed E-state index contributed by atoms with van der Waals surface area (Å²) < 4.78 is 6.79. The molecule has 6 heteroatoms. The average Bonchev–Trinajstić information content (AvgIpc) is 2.67. The number of para-hydroxylation sites is 1. The van der Waals surface area contributed by atoms with Gasteiger partial charge in [0.1, 0.15) is 17.0 Å². The van der Waals surface area contributed by atoms with E-state index in [1.165, 1.54) is 15.5 Å². The van der Waals surface area contributed by atoms with Crippen molar-refractivity contribution in [1.82, 2.24) is 14.3 Å². The molecule has 0 fully saturated rings. The number of carbonyl (C=O) groups is 1. The van der Waals surface area contributed by atoms with Crippen molar-refractivity contribution in [3.8, 4) is 5.75 Å². The first-order valence-electron chi connectivity index (χ1n) is 8.32. The van der Waals surface area contributed by atoms with Crippen LogP contribution in [0.4, 0.5) is 0 Å². The molecule has 0 saturated carbocycles. The molecule has 1 aromatic carbocycles. The summed E-state index contributed by atoms with van der Waals surface area (Å²) in [4.78, 5) is 31.5. The molecule has 6 nitrogen and oxygen atoms in total. The van der Waals surface area contributed by atoms with Gasteiger partial charge in [-0.2, -0.15) is 0 Å². The summed E-state index contributed by atoms with van der Waals surface area (Å²) in [6, 6.07) is 10.9. The second-order valence-electron chi connectivity index (χ2n) is 6.25. The van der Waals surface area contributed by atoms with Crippen LogP contribution in [0.15, 0.2) is 53.6 Å². The van der Waals surface area contributed by atoms with Crippen molar-refractivity contribution >= 4 is 11.6 Å². The van der Waals surface area contributed by atoms with Gasteiger partial charge < -0.3 is 9.64 Å². The molecule has 3 aromatic rings. The van der Waals surface area contributed by atoms with Gasteiger partial charge in [0.15, 0.2) is 0 Å². The summed E-state index contributed by atoms with van der Waals surface area (Å²) in [7, 11) is 3.26. The quantitative estimate of drug-likeness (QED) is 0.725. The molecule has 3 rings (SSSR count). The molecule has 0 spiro atoms. The summed E-state index contributed by atoms with van der Waals surface area (Å²) in [6.45, 7) is 3.78. The fraction of sp³-hybridized carbons (Fsp3) is 0.250. The lowest BCUT2D eigenvalue weighted by atomic mass is 10.1. The lowest BCUT2D eigenvalue weighted by molar-refractivity contribution is 0.0738. The van der Waals surface area contributed by atoms with Crippen LogP contribution in [0.1, 0.15) is 34.5 Å². The summed E-state index contributed by atoms with van der Waals surface area (Å²) in [6.07, 6.45) is 3.03. The van der Waals surface area contributed by atoms with Crippen molar-refractivity contribution in [3.05, 3.63) is 75.8 Å². The highest BCUT2D eigenvalue weighted by atomic mass is 16.5. The Morgan fingerprint density at radius 2 is 1.96 bits per heavy atom. The van der Waals surface area contributed by atoms with E-state index in [1.807, 2.05) is 44.2 Å². The molecule has 26 heavy (non-hydrogen) atoms. The second-order valence-corrected chi connectivity index (χ2v) is 6.25. The normalized spacial score (nSPS) is 12.0. The van der Waals surface area contributed by atoms with Gasteiger partial charge in [0, 0.05) is 25.0 Å². The third kappa shape index (κ3) is 3.06. The number of nitrogens with zero attached hydrogens (tertiary/aromatic N) is 3. The number of aryl methyl sites for hydroxylation is 1. The van der Waals surface area contributed by atoms with Crippen LogP contribution >= 0.6 is 0 Å². The zero-order valence-electron chi connectivity index (χ0n) is 15.3. The predicted molar refractivity (Wildman–Crippen MR) is 99.7 cm³/mol. The monoisotopic (exact) mass is 351 g/mol. The van der Waals surface area contributed by atoms with Crippen molar-refractivity contribution in [2.45, 2.75) is 19.9 Å². The molecular weight excluding hydrogens is 330 g/mol. The Balaban J connectivity index is 1.99. The maximum absolute atomic E-state index is 12.9. The van der Waals surface area contributed by atoms with E-state index in [1.54, 1.807) is 26.4 Å². The first-order valence-corrected chi connectivity index (χ1v) is 8.32. The van der Waals surface area contributed by atoms with E-state index in [2.05, 4.69) is 4.98 Å². The highest BCUT2D eigenvalue weighted by molar-refractivity contribution is 5.94. The number of hydrogen-bond acceptors (Lipinski definition) is 4. The molecule has 0 saturated heterocycles. The van der Waals surface area contributed by atoms with Crippen molar-refractivity contribution < 1.29 is 9.53 Å². The Morgan fingerprint density at radius 1 is 1.23 bits per heavy atom. The van der Waals surface area contributed by atoms with Crippen LogP contribution in [0.25, 0.3) is 5.65 Å². The first-order chi connectivity index (χ1) is 12.4. The predicted octanol–water partition coefficient (Wildman–Crippen LogP) is 2.84. The molecule has 0 aliphatic rings. The van der Waals surface area contributed by atoms with E-state index in [0.717, 1.165) is 11.1 Å². The minimum Gasteiger partial charge on any atom is -0.496 e. The Hall–Kier alpha value is -3.15. The molecule has 2 aromatic heterocycles. The number of amides is 1. The SMILES string of the molecule is COc1ccccc1C(C)N(C)C(=O)c1cnc2ccc(C)cn2c1=O. The van der Waals surface area contributed by atoms with Crippen LogP contribution < -0.4 is 10.3 Å². The van der Waals surface area contributed by atoms with Gasteiger partial charge in [0.25, 0.3) is 11.5 Å². The second kappa shape index (κ2) is 7.00. The maximum atomic E-state index is 12.9. The number of ether oxygens (including phenoxy) is 1. The van der Waals surface area contributed by atoms with Crippen molar-refractivity contribution in [3.63, 3.8) is 0 Å². The maximum Gasteiger partial charge on any atom is 0.270 e. The Labute approximate surface area is 151 Å². The average molecular weight is 351 g/mol. The molecule has 0 aliphatic carbocycles. The Kier molecular flexibility index (Phi) is 4.75. The lowest BCUT2D eigenvalue weighted by Crippen LogP contribution is -2.35. The Morgan fingerprint density at radius 3 is 2.69 bits per heavy atom. The highest BCUT2D eigenvalue weighted by Crippen LogP contribution is 2.28. The van der Waals surface area contributed by atoms with Crippen molar-refractivity contribution in [2.75, 3.05) is 14.2 Å². The molecule has 2 heterocycles. The zero-order valence-corrected chi connectivity index (χ0v) is 15.3. The van der Waals surface area contributed by atoms with Gasteiger partial charge in [0.05, 0.1) is 13.2 Å². The largest absolute Gasteiger partial charge is 0.496 e. The first kappa shape index (κ1) is 17.7. The number of fused-ring (bicyclic) bond motifs is 1. The molecule has 134 valence electrons. The van der Waals surface area contributed by atoms with E-state index in [-0.39, 0.29) is 23.1 Å². The number of rotatable bonds is 4. The van der Waals surface area contributed by atoms with Crippen LogP contribution in [-0.2, 0) is 0 Å². The van der Waals surface area contributed by atoms with E-state index >= 15 is 0 Å². The molecule has 0 bridgehead atoms. The van der Waals surface area contributed by atoms with E-state index in [0.29, 0.717) is 11.4 Å². The van der Waals surface area contributed by atoms with E-state index in [4.69, 9.17) is 4.74 Å². The van der Waals surface area contributed by atoms with Gasteiger partial charge in [-0.25, -0.2) is 4.98 Å². The van der Waals surface area contributed by atoms with Crippen molar-refractivity contribution in [1.29, 1.82) is 0 Å². The zero-order chi connectivity index (χ0) is 18.8. The molecule has 0 radical (unpaired) electrons. The van der Waals surface area contributed by atoms with Gasteiger partial charge in [0.2, 0.25) is 0 Å². The number of carbonyl (C=O) groups excluding carboxylic acids is 1. The van der Waals surface area contributed by atoms with Gasteiger partial charge >= 0.3 is 0 Å². The van der Waals surface area contributed by atoms with Crippen LogP contribution in [0.3, 0.4) is 0 Å². The number of hydrogen-bond donors (Lipinski definition) is 0. The van der Waals surface area contributed by atoms with Crippen LogP contribution in [0, 0.1) is 6.92 Å². The lowest BCUT2D eigenvalue weighted by Gasteiger charge is -2.26. The molecule has 1 amide bonds. The van der Waals surface area contributed by atoms with Crippen LogP contribution in [-0.4, -0.2) is 34.3 Å². The van der Waals surface area contributed by atoms with Crippen LogP contribution in [0.5, 0.6) is 5.75 Å². The fourth-order valence-electron chi connectivity index (χ4n) is 2.92. The van der Waals surface area contributed by atoms with Gasteiger partial charge in [-0.15, -0.1) is 0 Å². The van der Waals surface area contributed by atoms with E-state index in [9.17, 15) is 9.59 Å². The minimum absolute atomic E-state index is 0.0392. The molecule has 1 atom stereocenters. The molecule has 0 N–H and O–H groups in total. The number of methoxy groups -OCH3 is 1. The fourth-order valence-corrected chi connectivity index (χ4v) is 2.92. The standard InChI is InChI=1S/C20H21N3O3/c1-13-9-10-18-21-11-16(20(25)23(18)12-13)19(24)22(3)14(2)15-7-5-6-8-17(15)26-4/h5-12,14H,1-4H3. The van der Waals surface area contributed by atoms with Gasteiger partial charge in [-0.05, 0) is 31.5 Å². The minimum atomic E-state index is -0.378. The smallest absolute Gasteiger partial charge is 0.270 e.